The summed E-state index contributed by atoms with van der Waals surface area (Å²) >= 11 is 0. The summed E-state index contributed by atoms with van der Waals surface area (Å²) in [5.74, 6) is 3.95. The fourth-order valence-electron chi connectivity index (χ4n) is 7.74. The second kappa shape index (κ2) is 16.5. The molecule has 0 amide bonds. The van der Waals surface area contributed by atoms with Crippen LogP contribution in [0.1, 0.15) is 125 Å². The van der Waals surface area contributed by atoms with Crippen molar-refractivity contribution >= 4 is 9.16 Å². The van der Waals surface area contributed by atoms with Crippen LogP contribution >= 0.6 is 9.16 Å². The maximum absolute atomic E-state index is 6.94. The van der Waals surface area contributed by atoms with Crippen molar-refractivity contribution < 1.29 is 28.4 Å². The standard InChI is InChI=1S/C54H74O6S/c1-49(2,3)55-43-32-29-40(35-46(43)58-52(10,11)12)61(38-25-21-19-22-26-38,39-27-23-20-24-28-39,41-30-33-44(56-50(4,5)6)47(36-41)59-53(13,14)15)42-31-34-45(57-51(7,8)9)48(37-42)60-54(16,17)18/h19-37,61H,1-18H3. The van der Waals surface area contributed by atoms with Crippen molar-refractivity contribution in [2.24, 2.45) is 0 Å². The van der Waals surface area contributed by atoms with E-state index in [1.807, 2.05) is 0 Å². The summed E-state index contributed by atoms with van der Waals surface area (Å²) in [5.41, 5.74) is -3.05. The fraction of sp³-hybridized carbons (Fsp3) is 0.444. The number of ether oxygens (including phenoxy) is 6. The first-order valence-electron chi connectivity index (χ1n) is 21.6. The molecule has 0 saturated carbocycles. The lowest BCUT2D eigenvalue weighted by Gasteiger charge is -2.63. The summed E-state index contributed by atoms with van der Waals surface area (Å²) in [6.45, 7) is 37.2. The summed E-state index contributed by atoms with van der Waals surface area (Å²) in [7, 11) is -4.26. The van der Waals surface area contributed by atoms with E-state index in [1.165, 1.54) is 0 Å². The van der Waals surface area contributed by atoms with E-state index in [1.54, 1.807) is 0 Å². The van der Waals surface area contributed by atoms with Crippen molar-refractivity contribution in [2.75, 3.05) is 0 Å². The van der Waals surface area contributed by atoms with Gasteiger partial charge in [0.2, 0.25) is 0 Å². The highest BCUT2D eigenvalue weighted by atomic mass is 32.3. The van der Waals surface area contributed by atoms with Gasteiger partial charge in [0.1, 0.15) is 33.6 Å². The van der Waals surface area contributed by atoms with E-state index in [-0.39, 0.29) is 0 Å². The van der Waals surface area contributed by atoms with Gasteiger partial charge in [0.05, 0.1) is 0 Å². The molecule has 5 aromatic carbocycles. The minimum absolute atomic E-state index is 0.480. The smallest absolute Gasteiger partial charge is 0.163 e. The van der Waals surface area contributed by atoms with Crippen LogP contribution in [0.2, 0.25) is 0 Å². The van der Waals surface area contributed by atoms with Gasteiger partial charge >= 0.3 is 0 Å². The molecular weight excluding hydrogens is 777 g/mol. The molecular formula is C54H74O6S. The highest BCUT2D eigenvalue weighted by molar-refractivity contribution is 8.49. The molecule has 5 aromatic rings. The molecule has 332 valence electrons. The summed E-state index contributed by atoms with van der Waals surface area (Å²) in [6.07, 6.45) is 0. The Labute approximate surface area is 368 Å². The van der Waals surface area contributed by atoms with Gasteiger partial charge in [-0.25, -0.2) is 0 Å². The van der Waals surface area contributed by atoms with Crippen molar-refractivity contribution in [2.45, 2.75) is 183 Å². The van der Waals surface area contributed by atoms with Gasteiger partial charge in [-0.05, 0) is 204 Å². The van der Waals surface area contributed by atoms with E-state index in [0.29, 0.717) is 34.5 Å². The van der Waals surface area contributed by atoms with Crippen LogP contribution in [0.4, 0.5) is 0 Å². The normalized spacial score (nSPS) is 13.8. The molecule has 0 bridgehead atoms. The first kappa shape index (κ1) is 47.3. The molecule has 0 aliphatic rings. The molecule has 0 heterocycles. The molecule has 0 atom stereocenters. The topological polar surface area (TPSA) is 55.4 Å². The lowest BCUT2D eigenvalue weighted by atomic mass is 10.1. The van der Waals surface area contributed by atoms with Crippen molar-refractivity contribution in [1.82, 2.24) is 0 Å². The molecule has 0 fully saturated rings. The molecule has 0 radical (unpaired) electrons. The Morgan fingerprint density at radius 3 is 0.672 bits per heavy atom. The number of rotatable bonds is 11. The number of benzene rings is 5. The van der Waals surface area contributed by atoms with Crippen molar-refractivity contribution in [3.8, 4) is 34.5 Å². The van der Waals surface area contributed by atoms with E-state index >= 15 is 0 Å². The Balaban J connectivity index is 2.17. The first-order chi connectivity index (χ1) is 27.9. The summed E-state index contributed by atoms with van der Waals surface area (Å²) in [6, 6.07) is 41.4. The van der Waals surface area contributed by atoms with Gasteiger partial charge in [-0.15, -0.1) is 0 Å². The van der Waals surface area contributed by atoms with Gasteiger partial charge in [0.25, 0.3) is 0 Å². The Kier molecular flexibility index (Phi) is 12.8. The van der Waals surface area contributed by atoms with E-state index < -0.39 is 42.8 Å². The van der Waals surface area contributed by atoms with Gasteiger partial charge in [0, 0.05) is 0 Å². The van der Waals surface area contributed by atoms with Gasteiger partial charge in [0.15, 0.2) is 34.5 Å². The Bertz CT molecular complexity index is 2030. The second-order valence-electron chi connectivity index (χ2n) is 22.0. The molecule has 6 nitrogen and oxygen atoms in total. The summed E-state index contributed by atoms with van der Waals surface area (Å²) in [4.78, 5) is 5.36. The minimum atomic E-state index is -4.26. The molecule has 0 aliphatic heterocycles. The maximum atomic E-state index is 6.94. The molecule has 7 heteroatoms. The van der Waals surface area contributed by atoms with Gasteiger partial charge in [-0.1, -0.05) is 60.7 Å². The zero-order valence-electron chi connectivity index (χ0n) is 40.4. The Morgan fingerprint density at radius 1 is 0.246 bits per heavy atom. The molecule has 0 saturated heterocycles. The van der Waals surface area contributed by atoms with Crippen LogP contribution in [-0.4, -0.2) is 33.6 Å². The largest absolute Gasteiger partial charge is 0.484 e. The summed E-state index contributed by atoms with van der Waals surface area (Å²) < 4.78 is 40.9. The molecule has 0 aromatic heterocycles. The number of hydrogen-bond acceptors (Lipinski definition) is 6. The fourth-order valence-corrected chi connectivity index (χ4v) is 14.5. The van der Waals surface area contributed by atoms with Crippen molar-refractivity contribution in [3.05, 3.63) is 115 Å². The monoisotopic (exact) mass is 851 g/mol. The average molecular weight is 851 g/mol. The van der Waals surface area contributed by atoms with Crippen LogP contribution in [0.5, 0.6) is 34.5 Å². The number of hydrogen-bond donors (Lipinski definition) is 1. The maximum Gasteiger partial charge on any atom is 0.163 e. The molecule has 0 aliphatic carbocycles. The van der Waals surface area contributed by atoms with Crippen LogP contribution in [0, 0.1) is 0 Å². The zero-order valence-corrected chi connectivity index (χ0v) is 41.3. The van der Waals surface area contributed by atoms with E-state index in [4.69, 9.17) is 28.4 Å². The van der Waals surface area contributed by atoms with Crippen molar-refractivity contribution in [3.63, 3.8) is 0 Å². The van der Waals surface area contributed by atoms with Crippen LogP contribution in [0.3, 0.4) is 0 Å². The third kappa shape index (κ3) is 10.8. The van der Waals surface area contributed by atoms with Crippen LogP contribution < -0.4 is 28.4 Å². The highest BCUT2D eigenvalue weighted by Crippen LogP contribution is 2.94. The molecule has 61 heavy (non-hydrogen) atoms. The van der Waals surface area contributed by atoms with E-state index in [0.717, 1.165) is 24.5 Å². The van der Waals surface area contributed by atoms with Crippen LogP contribution in [0.25, 0.3) is 0 Å². The van der Waals surface area contributed by atoms with Crippen LogP contribution in [0.15, 0.2) is 140 Å². The van der Waals surface area contributed by atoms with Gasteiger partial charge < -0.3 is 28.4 Å². The lowest BCUT2D eigenvalue weighted by Crippen LogP contribution is -2.28. The highest BCUT2D eigenvalue weighted by Gasteiger charge is 2.51. The Morgan fingerprint density at radius 2 is 0.459 bits per heavy atom. The van der Waals surface area contributed by atoms with Gasteiger partial charge in [-0.2, -0.15) is 9.16 Å². The molecule has 0 N–H and O–H groups in total. The zero-order chi connectivity index (χ0) is 45.5. The third-order valence-electron chi connectivity index (χ3n) is 9.37. The third-order valence-corrected chi connectivity index (χ3v) is 16.0. The first-order valence-corrected chi connectivity index (χ1v) is 23.8. The van der Waals surface area contributed by atoms with Gasteiger partial charge in [-0.3, -0.25) is 0 Å². The van der Waals surface area contributed by atoms with E-state index in [2.05, 4.69) is 240 Å². The molecule has 0 spiro atoms. The predicted octanol–water partition coefficient (Wildman–Crippen LogP) is 15.4. The molecule has 5 rings (SSSR count). The van der Waals surface area contributed by atoms with Crippen molar-refractivity contribution in [1.29, 1.82) is 0 Å². The van der Waals surface area contributed by atoms with E-state index in [9.17, 15) is 0 Å². The lowest BCUT2D eigenvalue weighted by molar-refractivity contribution is 0.0952. The van der Waals surface area contributed by atoms with Crippen LogP contribution in [-0.2, 0) is 0 Å². The SMILES string of the molecule is CC(C)(C)Oc1ccc([SH](c2ccccc2)(c2ccccc2)(c2ccc(OC(C)(C)C)c(OC(C)(C)C)c2)c2ccc(OC(C)(C)C)c(OC(C)(C)C)c2)cc1OC(C)(C)C. The number of thiol groups is 1. The average Bonchev–Trinajstić information content (AvgIpc) is 3.09. The second-order valence-corrected chi connectivity index (χ2v) is 26.8. The quantitative estimate of drug-likeness (QED) is 0.134. The summed E-state index contributed by atoms with van der Waals surface area (Å²) in [5, 5.41) is 0. The predicted molar refractivity (Wildman–Crippen MR) is 255 cm³/mol. The minimum Gasteiger partial charge on any atom is -0.484 e. The Hall–Kier alpha value is -4.75. The molecule has 0 unspecified atom stereocenters.